The van der Waals surface area contributed by atoms with Gasteiger partial charge >= 0.3 is 0 Å². The first kappa shape index (κ1) is 12.3. The summed E-state index contributed by atoms with van der Waals surface area (Å²) in [5.74, 6) is -0.432. The Hall–Kier alpha value is -1.14. The minimum Gasteiger partial charge on any atom is -0.398 e. The number of benzene rings is 2. The molecule has 0 saturated heterocycles. The van der Waals surface area contributed by atoms with E-state index in [9.17, 15) is 9.50 Å². The number of hydrogen-bond acceptors (Lipinski definition) is 2. The third kappa shape index (κ3) is 2.58. The van der Waals surface area contributed by atoms with Crippen molar-refractivity contribution in [2.24, 2.45) is 0 Å². The normalized spacial score (nSPS) is 12.4. The minimum absolute atomic E-state index is 0.237. The van der Waals surface area contributed by atoms with Gasteiger partial charge in [-0.3, -0.25) is 0 Å². The molecule has 0 aliphatic rings. The molecule has 0 radical (unpaired) electrons. The molecule has 0 fully saturated rings. The highest BCUT2D eigenvalue weighted by atomic mass is 127. The summed E-state index contributed by atoms with van der Waals surface area (Å²) in [6.07, 6.45) is -1.04. The van der Waals surface area contributed by atoms with E-state index in [-0.39, 0.29) is 5.56 Å². The number of aliphatic hydroxyl groups is 1. The molecule has 0 bridgehead atoms. The van der Waals surface area contributed by atoms with Gasteiger partial charge < -0.3 is 10.8 Å². The Morgan fingerprint density at radius 1 is 1.12 bits per heavy atom. The van der Waals surface area contributed by atoms with Crippen molar-refractivity contribution in [1.29, 1.82) is 0 Å². The van der Waals surface area contributed by atoms with Crippen LogP contribution in [0.5, 0.6) is 0 Å². The second-order valence-electron chi connectivity index (χ2n) is 3.70. The van der Waals surface area contributed by atoms with Gasteiger partial charge in [0.15, 0.2) is 0 Å². The van der Waals surface area contributed by atoms with Crippen LogP contribution in [0.25, 0.3) is 0 Å². The Labute approximate surface area is 112 Å². The molecule has 2 aromatic carbocycles. The second kappa shape index (κ2) is 5.01. The van der Waals surface area contributed by atoms with Crippen molar-refractivity contribution in [2.45, 2.75) is 6.10 Å². The second-order valence-corrected chi connectivity index (χ2v) is 4.94. The van der Waals surface area contributed by atoms with Crippen LogP contribution in [0.1, 0.15) is 17.2 Å². The fourth-order valence-corrected chi connectivity index (χ4v) is 2.16. The van der Waals surface area contributed by atoms with E-state index in [1.807, 2.05) is 6.07 Å². The lowest BCUT2D eigenvalue weighted by molar-refractivity contribution is 0.215. The van der Waals surface area contributed by atoms with Gasteiger partial charge in [0.25, 0.3) is 0 Å². The molecule has 88 valence electrons. The summed E-state index contributed by atoms with van der Waals surface area (Å²) in [6.45, 7) is 0. The summed E-state index contributed by atoms with van der Waals surface area (Å²) < 4.78 is 14.5. The van der Waals surface area contributed by atoms with Gasteiger partial charge in [-0.25, -0.2) is 4.39 Å². The van der Waals surface area contributed by atoms with Crippen LogP contribution in [-0.4, -0.2) is 5.11 Å². The maximum Gasteiger partial charge on any atom is 0.129 e. The van der Waals surface area contributed by atoms with Gasteiger partial charge in [0.05, 0.1) is 0 Å². The topological polar surface area (TPSA) is 46.2 Å². The van der Waals surface area contributed by atoms with Crippen LogP contribution in [-0.2, 0) is 0 Å². The van der Waals surface area contributed by atoms with E-state index in [2.05, 4.69) is 22.6 Å². The van der Waals surface area contributed by atoms with Crippen LogP contribution >= 0.6 is 22.6 Å². The van der Waals surface area contributed by atoms with Crippen LogP contribution in [0, 0.1) is 9.39 Å². The smallest absolute Gasteiger partial charge is 0.129 e. The van der Waals surface area contributed by atoms with Crippen LogP contribution in [0.2, 0.25) is 0 Å². The molecule has 0 aliphatic carbocycles. The Morgan fingerprint density at radius 3 is 2.53 bits per heavy atom. The van der Waals surface area contributed by atoms with E-state index in [1.54, 1.807) is 30.3 Å². The van der Waals surface area contributed by atoms with Crippen LogP contribution in [0.15, 0.2) is 42.5 Å². The summed E-state index contributed by atoms with van der Waals surface area (Å²) >= 11 is 2.12. The molecule has 0 aliphatic heterocycles. The molecule has 0 unspecified atom stereocenters. The lowest BCUT2D eigenvalue weighted by Gasteiger charge is -2.14. The Kier molecular flexibility index (Phi) is 3.63. The van der Waals surface area contributed by atoms with E-state index in [0.29, 0.717) is 11.3 Å². The molecular weight excluding hydrogens is 332 g/mol. The monoisotopic (exact) mass is 343 g/mol. The highest BCUT2D eigenvalue weighted by molar-refractivity contribution is 14.1. The molecule has 2 aromatic rings. The van der Waals surface area contributed by atoms with Gasteiger partial charge in [0.2, 0.25) is 0 Å². The number of nitrogen functional groups attached to an aromatic ring is 1. The fraction of sp³-hybridized carbons (Fsp3) is 0.0769. The Balaban J connectivity index is 2.47. The quantitative estimate of drug-likeness (QED) is 0.650. The highest BCUT2D eigenvalue weighted by Gasteiger charge is 2.17. The van der Waals surface area contributed by atoms with Crippen molar-refractivity contribution in [3.8, 4) is 0 Å². The lowest BCUT2D eigenvalue weighted by Crippen LogP contribution is -2.06. The van der Waals surface area contributed by atoms with Gasteiger partial charge in [-0.05, 0) is 46.9 Å². The van der Waals surface area contributed by atoms with Gasteiger partial charge in [0, 0.05) is 20.4 Å². The van der Waals surface area contributed by atoms with Crippen molar-refractivity contribution < 1.29 is 9.50 Å². The molecule has 2 rings (SSSR count). The first-order valence-electron chi connectivity index (χ1n) is 5.07. The van der Waals surface area contributed by atoms with E-state index in [1.165, 1.54) is 6.07 Å². The number of anilines is 1. The van der Waals surface area contributed by atoms with Gasteiger partial charge in [-0.2, -0.15) is 0 Å². The number of nitrogens with two attached hydrogens (primary N) is 1. The molecular formula is C13H11FINO. The van der Waals surface area contributed by atoms with Gasteiger partial charge in [-0.15, -0.1) is 0 Å². The van der Waals surface area contributed by atoms with Gasteiger partial charge in [0.1, 0.15) is 11.9 Å². The molecule has 0 heterocycles. The summed E-state index contributed by atoms with van der Waals surface area (Å²) in [6, 6.07) is 11.5. The third-order valence-corrected chi connectivity index (χ3v) is 3.21. The van der Waals surface area contributed by atoms with Crippen molar-refractivity contribution in [3.05, 3.63) is 63.0 Å². The van der Waals surface area contributed by atoms with Crippen molar-refractivity contribution in [1.82, 2.24) is 0 Å². The number of halogens is 2. The summed E-state index contributed by atoms with van der Waals surface area (Å²) in [4.78, 5) is 0. The van der Waals surface area contributed by atoms with Crippen LogP contribution in [0.3, 0.4) is 0 Å². The Bertz CT molecular complexity index is 545. The summed E-state index contributed by atoms with van der Waals surface area (Å²) in [7, 11) is 0. The Morgan fingerprint density at radius 2 is 1.82 bits per heavy atom. The first-order valence-corrected chi connectivity index (χ1v) is 6.15. The average molecular weight is 343 g/mol. The minimum atomic E-state index is -1.04. The zero-order chi connectivity index (χ0) is 12.4. The van der Waals surface area contributed by atoms with Crippen molar-refractivity contribution in [2.75, 3.05) is 5.73 Å². The SMILES string of the molecule is Nc1ccc(I)cc1[C@H](O)c1ccccc1F. The predicted octanol–water partition coefficient (Wildman–Crippen LogP) is 3.09. The van der Waals surface area contributed by atoms with E-state index in [4.69, 9.17) is 5.73 Å². The maximum absolute atomic E-state index is 13.6. The first-order chi connectivity index (χ1) is 8.09. The molecule has 0 spiro atoms. The lowest BCUT2D eigenvalue weighted by atomic mass is 10.00. The summed E-state index contributed by atoms with van der Waals surface area (Å²) in [5.41, 5.74) is 7.02. The summed E-state index contributed by atoms with van der Waals surface area (Å²) in [5, 5.41) is 10.2. The number of rotatable bonds is 2. The molecule has 17 heavy (non-hydrogen) atoms. The largest absolute Gasteiger partial charge is 0.398 e. The van der Waals surface area contributed by atoms with Crippen LogP contribution < -0.4 is 5.73 Å². The van der Waals surface area contributed by atoms with Crippen molar-refractivity contribution >= 4 is 28.3 Å². The molecule has 0 saturated carbocycles. The van der Waals surface area contributed by atoms with Crippen molar-refractivity contribution in [3.63, 3.8) is 0 Å². The fourth-order valence-electron chi connectivity index (χ4n) is 1.65. The molecule has 2 nitrogen and oxygen atoms in total. The van der Waals surface area contributed by atoms with E-state index >= 15 is 0 Å². The molecule has 0 aromatic heterocycles. The van der Waals surface area contributed by atoms with E-state index < -0.39 is 11.9 Å². The molecule has 3 N–H and O–H groups in total. The average Bonchev–Trinajstić information content (AvgIpc) is 2.32. The van der Waals surface area contributed by atoms with Gasteiger partial charge in [-0.1, -0.05) is 18.2 Å². The predicted molar refractivity (Wildman–Crippen MR) is 74.0 cm³/mol. The standard InChI is InChI=1S/C13H11FINO/c14-11-4-2-1-3-9(11)13(17)10-7-8(15)5-6-12(10)16/h1-7,13,17H,16H2/t13-/m1/s1. The molecule has 4 heteroatoms. The third-order valence-electron chi connectivity index (χ3n) is 2.54. The maximum atomic E-state index is 13.6. The number of hydrogen-bond donors (Lipinski definition) is 2. The zero-order valence-electron chi connectivity index (χ0n) is 8.90. The van der Waals surface area contributed by atoms with E-state index in [0.717, 1.165) is 3.57 Å². The molecule has 0 amide bonds. The molecule has 1 atom stereocenters. The zero-order valence-corrected chi connectivity index (χ0v) is 11.1. The number of aliphatic hydroxyl groups excluding tert-OH is 1. The van der Waals surface area contributed by atoms with Crippen LogP contribution in [0.4, 0.5) is 10.1 Å². The highest BCUT2D eigenvalue weighted by Crippen LogP contribution is 2.29.